The number of carbonyl (C=O) groups is 1. The summed E-state index contributed by atoms with van der Waals surface area (Å²) in [5.74, 6) is -2.26. The lowest BCUT2D eigenvalue weighted by Crippen LogP contribution is -2.07. The molecule has 15 heavy (non-hydrogen) atoms. The number of nitrogen functional groups attached to an aromatic ring is 1. The Kier molecular flexibility index (Phi) is 3.03. The highest BCUT2D eigenvalue weighted by Crippen LogP contribution is 2.29. The van der Waals surface area contributed by atoms with E-state index in [0.717, 1.165) is 6.07 Å². The fourth-order valence-corrected chi connectivity index (χ4v) is 1.04. The Hall–Kier alpha value is -1.92. The zero-order valence-electron chi connectivity index (χ0n) is 7.44. The number of nitrogens with zero attached hydrogens (tertiary/aromatic N) is 1. The number of hydrogen-bond donors (Lipinski definition) is 3. The van der Waals surface area contributed by atoms with Crippen LogP contribution in [0.5, 0.6) is 5.75 Å². The second-order valence-corrected chi connectivity index (χ2v) is 2.81. The van der Waals surface area contributed by atoms with Gasteiger partial charge in [-0.25, -0.2) is 13.8 Å². The molecule has 0 saturated heterocycles. The van der Waals surface area contributed by atoms with Crippen LogP contribution >= 0.6 is 0 Å². The quantitative estimate of drug-likeness (QED) is 0.701. The van der Waals surface area contributed by atoms with Crippen LogP contribution in [0.3, 0.4) is 0 Å². The van der Waals surface area contributed by atoms with Gasteiger partial charge in [-0.05, 0) is 6.07 Å². The number of pyridine rings is 1. The van der Waals surface area contributed by atoms with Gasteiger partial charge in [0.25, 0.3) is 6.43 Å². The Morgan fingerprint density at radius 3 is 2.67 bits per heavy atom. The molecule has 1 heterocycles. The molecule has 4 N–H and O–H groups in total. The topological polar surface area (TPSA) is 96.4 Å². The summed E-state index contributed by atoms with van der Waals surface area (Å²) in [4.78, 5) is 13.6. The fraction of sp³-hybridized carbons (Fsp3) is 0.250. The average molecular weight is 218 g/mol. The Balaban J connectivity index is 3.13. The van der Waals surface area contributed by atoms with Crippen molar-refractivity contribution in [1.29, 1.82) is 0 Å². The predicted octanol–water partition coefficient (Wildman–Crippen LogP) is 0.934. The van der Waals surface area contributed by atoms with Gasteiger partial charge in [-0.3, -0.25) is 4.79 Å². The van der Waals surface area contributed by atoms with Gasteiger partial charge in [0.1, 0.15) is 11.6 Å². The van der Waals surface area contributed by atoms with Gasteiger partial charge in [-0.15, -0.1) is 0 Å². The number of alkyl halides is 2. The molecule has 0 fully saturated rings. The minimum atomic E-state index is -2.95. The molecule has 0 aliphatic rings. The van der Waals surface area contributed by atoms with E-state index in [1.54, 1.807) is 0 Å². The SMILES string of the molecule is Nc1nc(C(F)F)c(O)cc1CC(=O)O. The first-order chi connectivity index (χ1) is 6.91. The van der Waals surface area contributed by atoms with E-state index < -0.39 is 30.3 Å². The summed E-state index contributed by atoms with van der Waals surface area (Å²) in [6.07, 6.45) is -3.43. The molecule has 0 saturated carbocycles. The standard InChI is InChI=1S/C8H8F2N2O3/c9-7(10)6-4(13)1-3(2-5(14)15)8(11)12-6/h1,7,13H,2H2,(H2,11,12)(H,14,15). The summed E-state index contributed by atoms with van der Waals surface area (Å²) in [6.45, 7) is 0. The molecule has 0 unspecified atom stereocenters. The highest BCUT2D eigenvalue weighted by molar-refractivity contribution is 5.72. The molecule has 5 nitrogen and oxygen atoms in total. The maximum absolute atomic E-state index is 12.2. The minimum Gasteiger partial charge on any atom is -0.506 e. The lowest BCUT2D eigenvalue weighted by Gasteiger charge is -2.07. The molecule has 7 heteroatoms. The van der Waals surface area contributed by atoms with E-state index in [1.807, 2.05) is 0 Å². The van der Waals surface area contributed by atoms with Crippen molar-refractivity contribution in [2.24, 2.45) is 0 Å². The molecule has 1 aromatic rings. The number of nitrogens with two attached hydrogens (primary N) is 1. The molecule has 1 rings (SSSR count). The number of halogens is 2. The summed E-state index contributed by atoms with van der Waals surface area (Å²) in [7, 11) is 0. The van der Waals surface area contributed by atoms with Crippen molar-refractivity contribution in [3.63, 3.8) is 0 Å². The molecular formula is C8H8F2N2O3. The first-order valence-electron chi connectivity index (χ1n) is 3.90. The minimum absolute atomic E-state index is 0.00407. The Morgan fingerprint density at radius 2 is 2.20 bits per heavy atom. The van der Waals surface area contributed by atoms with E-state index in [9.17, 15) is 13.6 Å². The number of aromatic hydroxyl groups is 1. The van der Waals surface area contributed by atoms with Crippen molar-refractivity contribution in [2.75, 3.05) is 5.73 Å². The summed E-state index contributed by atoms with van der Waals surface area (Å²) in [5, 5.41) is 17.6. The van der Waals surface area contributed by atoms with Gasteiger partial charge in [0.05, 0.1) is 6.42 Å². The monoisotopic (exact) mass is 218 g/mol. The Bertz CT molecular complexity index is 396. The highest BCUT2D eigenvalue weighted by atomic mass is 19.3. The number of carboxylic acid groups (broad SMARTS) is 1. The number of aromatic nitrogens is 1. The Labute approximate surface area is 83.2 Å². The van der Waals surface area contributed by atoms with E-state index in [-0.39, 0.29) is 11.4 Å². The van der Waals surface area contributed by atoms with Crippen LogP contribution < -0.4 is 5.73 Å². The summed E-state index contributed by atoms with van der Waals surface area (Å²) >= 11 is 0. The van der Waals surface area contributed by atoms with Gasteiger partial charge in [-0.1, -0.05) is 0 Å². The van der Waals surface area contributed by atoms with Gasteiger partial charge >= 0.3 is 5.97 Å². The molecule has 0 spiro atoms. The smallest absolute Gasteiger partial charge is 0.307 e. The van der Waals surface area contributed by atoms with E-state index in [4.69, 9.17) is 15.9 Å². The molecule has 1 aromatic heterocycles. The molecule has 82 valence electrons. The summed E-state index contributed by atoms with van der Waals surface area (Å²) in [6, 6.07) is 0.887. The van der Waals surface area contributed by atoms with Crippen LogP contribution in [0.25, 0.3) is 0 Å². The predicted molar refractivity (Wildman–Crippen MR) is 46.6 cm³/mol. The van der Waals surface area contributed by atoms with Crippen molar-refractivity contribution in [3.05, 3.63) is 17.3 Å². The molecule has 0 atom stereocenters. The summed E-state index contributed by atoms with van der Waals surface area (Å²) in [5.41, 5.74) is 4.42. The average Bonchev–Trinajstić information content (AvgIpc) is 2.09. The molecule has 0 amide bonds. The molecule has 0 bridgehead atoms. The van der Waals surface area contributed by atoms with Gasteiger partial charge < -0.3 is 15.9 Å². The van der Waals surface area contributed by atoms with Crippen molar-refractivity contribution in [2.45, 2.75) is 12.8 Å². The number of rotatable bonds is 3. The normalized spacial score (nSPS) is 10.6. The van der Waals surface area contributed by atoms with E-state index >= 15 is 0 Å². The van der Waals surface area contributed by atoms with E-state index in [1.165, 1.54) is 0 Å². The van der Waals surface area contributed by atoms with Crippen molar-refractivity contribution < 1.29 is 23.8 Å². The van der Waals surface area contributed by atoms with Crippen LogP contribution in [0.15, 0.2) is 6.07 Å². The highest BCUT2D eigenvalue weighted by Gasteiger charge is 2.18. The third-order valence-corrected chi connectivity index (χ3v) is 1.69. The first-order valence-corrected chi connectivity index (χ1v) is 3.90. The fourth-order valence-electron chi connectivity index (χ4n) is 1.04. The molecule has 0 aliphatic carbocycles. The van der Waals surface area contributed by atoms with E-state index in [0.29, 0.717) is 0 Å². The van der Waals surface area contributed by atoms with Crippen LogP contribution in [-0.2, 0) is 11.2 Å². The van der Waals surface area contributed by atoms with Crippen LogP contribution in [0, 0.1) is 0 Å². The van der Waals surface area contributed by atoms with Crippen LogP contribution in [0.1, 0.15) is 17.7 Å². The summed E-state index contributed by atoms with van der Waals surface area (Å²) < 4.78 is 24.4. The number of aliphatic carboxylic acids is 1. The molecular weight excluding hydrogens is 210 g/mol. The van der Waals surface area contributed by atoms with Crippen molar-refractivity contribution in [3.8, 4) is 5.75 Å². The lowest BCUT2D eigenvalue weighted by molar-refractivity contribution is -0.136. The number of hydrogen-bond acceptors (Lipinski definition) is 4. The van der Waals surface area contributed by atoms with Crippen LogP contribution in [0.4, 0.5) is 14.6 Å². The third kappa shape index (κ3) is 2.52. The maximum atomic E-state index is 12.2. The zero-order chi connectivity index (χ0) is 11.6. The van der Waals surface area contributed by atoms with Crippen molar-refractivity contribution in [1.82, 2.24) is 4.98 Å². The van der Waals surface area contributed by atoms with Gasteiger partial charge in [-0.2, -0.15) is 0 Å². The lowest BCUT2D eigenvalue weighted by atomic mass is 10.1. The zero-order valence-corrected chi connectivity index (χ0v) is 7.44. The second kappa shape index (κ2) is 4.07. The third-order valence-electron chi connectivity index (χ3n) is 1.69. The van der Waals surface area contributed by atoms with Crippen LogP contribution in [0.2, 0.25) is 0 Å². The second-order valence-electron chi connectivity index (χ2n) is 2.81. The van der Waals surface area contributed by atoms with Gasteiger partial charge in [0.2, 0.25) is 0 Å². The number of carboxylic acids is 1. The van der Waals surface area contributed by atoms with Gasteiger partial charge in [0, 0.05) is 5.56 Å². The largest absolute Gasteiger partial charge is 0.506 e. The molecule has 0 radical (unpaired) electrons. The Morgan fingerprint density at radius 1 is 1.60 bits per heavy atom. The molecule has 0 aromatic carbocycles. The first kappa shape index (κ1) is 11.2. The van der Waals surface area contributed by atoms with Crippen molar-refractivity contribution >= 4 is 11.8 Å². The van der Waals surface area contributed by atoms with Gasteiger partial charge in [0.15, 0.2) is 5.69 Å². The van der Waals surface area contributed by atoms with E-state index in [2.05, 4.69) is 4.98 Å². The van der Waals surface area contributed by atoms with Crippen LogP contribution in [-0.4, -0.2) is 21.2 Å². The maximum Gasteiger partial charge on any atom is 0.307 e. The molecule has 0 aliphatic heterocycles. The number of anilines is 1.